The smallest absolute Gasteiger partial charge is 0.318 e. The number of benzene rings is 1. The predicted octanol–water partition coefficient (Wildman–Crippen LogP) is 1.48. The number of anilines is 1. The lowest BCUT2D eigenvalue weighted by Gasteiger charge is -2.29. The van der Waals surface area contributed by atoms with E-state index in [1.54, 1.807) is 12.1 Å². The Labute approximate surface area is 113 Å². The van der Waals surface area contributed by atoms with Gasteiger partial charge in [0.05, 0.1) is 0 Å². The van der Waals surface area contributed by atoms with Crippen molar-refractivity contribution in [3.8, 4) is 0 Å². The Kier molecular flexibility index (Phi) is 4.52. The predicted molar refractivity (Wildman–Crippen MR) is 73.3 cm³/mol. The Morgan fingerprint density at radius 2 is 1.84 bits per heavy atom. The first-order valence-electron chi connectivity index (χ1n) is 6.65. The minimum absolute atomic E-state index is 0.492. The summed E-state index contributed by atoms with van der Waals surface area (Å²) in [7, 11) is 0. The third kappa shape index (κ3) is 3.32. The highest BCUT2D eigenvalue weighted by molar-refractivity contribution is 6.39. The normalized spacial score (nSPS) is 15.2. The number of hydrogen-bond donors (Lipinski definition) is 1. The van der Waals surface area contributed by atoms with Gasteiger partial charge in [-0.2, -0.15) is 0 Å². The maximum absolute atomic E-state index is 12.1. The number of hydrazine groups is 1. The Hall–Kier alpha value is -1.88. The highest BCUT2D eigenvalue weighted by Gasteiger charge is 2.27. The van der Waals surface area contributed by atoms with Gasteiger partial charge in [-0.05, 0) is 31.9 Å². The SMILES string of the molecule is CCN(C(=O)C(=O)Nc1ccccc1)N1CCCC1. The fourth-order valence-electron chi connectivity index (χ4n) is 2.24. The van der Waals surface area contributed by atoms with Gasteiger partial charge < -0.3 is 5.32 Å². The average Bonchev–Trinajstić information content (AvgIpc) is 2.94. The molecule has 2 amide bonds. The van der Waals surface area contributed by atoms with E-state index in [2.05, 4.69) is 5.32 Å². The highest BCUT2D eigenvalue weighted by atomic mass is 16.2. The van der Waals surface area contributed by atoms with E-state index >= 15 is 0 Å². The van der Waals surface area contributed by atoms with E-state index < -0.39 is 11.8 Å². The molecule has 1 fully saturated rings. The van der Waals surface area contributed by atoms with Crippen LogP contribution in [0.3, 0.4) is 0 Å². The van der Waals surface area contributed by atoms with Crippen molar-refractivity contribution in [2.75, 3.05) is 25.0 Å². The van der Waals surface area contributed by atoms with Gasteiger partial charge in [0.1, 0.15) is 0 Å². The van der Waals surface area contributed by atoms with Gasteiger partial charge in [0, 0.05) is 25.3 Å². The molecule has 0 aliphatic carbocycles. The molecule has 5 nitrogen and oxygen atoms in total. The van der Waals surface area contributed by atoms with Crippen molar-refractivity contribution in [1.82, 2.24) is 10.0 Å². The van der Waals surface area contributed by atoms with Crippen molar-refractivity contribution in [2.45, 2.75) is 19.8 Å². The van der Waals surface area contributed by atoms with E-state index in [9.17, 15) is 9.59 Å². The van der Waals surface area contributed by atoms with E-state index in [0.717, 1.165) is 25.9 Å². The van der Waals surface area contributed by atoms with E-state index in [0.29, 0.717) is 12.2 Å². The van der Waals surface area contributed by atoms with Gasteiger partial charge in [0.2, 0.25) is 0 Å². The molecule has 2 rings (SSSR count). The first-order valence-corrected chi connectivity index (χ1v) is 6.65. The molecule has 19 heavy (non-hydrogen) atoms. The van der Waals surface area contributed by atoms with Gasteiger partial charge in [-0.25, -0.2) is 5.01 Å². The van der Waals surface area contributed by atoms with Crippen LogP contribution < -0.4 is 5.32 Å². The molecule has 1 aliphatic rings. The molecule has 0 bridgehead atoms. The summed E-state index contributed by atoms with van der Waals surface area (Å²) < 4.78 is 0. The van der Waals surface area contributed by atoms with E-state index in [1.165, 1.54) is 5.01 Å². The Morgan fingerprint density at radius 1 is 1.21 bits per heavy atom. The molecule has 1 heterocycles. The summed E-state index contributed by atoms with van der Waals surface area (Å²) in [5.41, 5.74) is 0.637. The fraction of sp³-hybridized carbons (Fsp3) is 0.429. The lowest BCUT2D eigenvalue weighted by molar-refractivity contribution is -0.154. The van der Waals surface area contributed by atoms with Gasteiger partial charge in [0.25, 0.3) is 0 Å². The van der Waals surface area contributed by atoms with Crippen molar-refractivity contribution in [3.05, 3.63) is 30.3 Å². The summed E-state index contributed by atoms with van der Waals surface area (Å²) in [5, 5.41) is 6.11. The van der Waals surface area contributed by atoms with E-state index in [-0.39, 0.29) is 0 Å². The Bertz CT molecular complexity index is 441. The standard InChI is InChI=1S/C14H19N3O2/c1-2-17(16-10-6-7-11-16)14(19)13(18)15-12-8-4-3-5-9-12/h3-5,8-9H,2,6-7,10-11H2,1H3,(H,15,18). The van der Waals surface area contributed by atoms with Crippen molar-refractivity contribution < 1.29 is 9.59 Å². The van der Waals surface area contributed by atoms with Crippen molar-refractivity contribution in [3.63, 3.8) is 0 Å². The number of para-hydroxylation sites is 1. The van der Waals surface area contributed by atoms with Crippen LogP contribution in [-0.2, 0) is 9.59 Å². The molecule has 1 saturated heterocycles. The van der Waals surface area contributed by atoms with Crippen LogP contribution in [0.2, 0.25) is 0 Å². The van der Waals surface area contributed by atoms with Gasteiger partial charge in [0.15, 0.2) is 0 Å². The van der Waals surface area contributed by atoms with Crippen LogP contribution in [0.4, 0.5) is 5.69 Å². The number of nitrogens with zero attached hydrogens (tertiary/aromatic N) is 2. The average molecular weight is 261 g/mol. The highest BCUT2D eigenvalue weighted by Crippen LogP contribution is 2.12. The Morgan fingerprint density at radius 3 is 2.42 bits per heavy atom. The molecule has 0 aromatic heterocycles. The van der Waals surface area contributed by atoms with Crippen LogP contribution in [0, 0.1) is 0 Å². The second-order valence-electron chi connectivity index (χ2n) is 4.50. The second kappa shape index (κ2) is 6.33. The van der Waals surface area contributed by atoms with Crippen LogP contribution in [0.15, 0.2) is 30.3 Å². The summed E-state index contributed by atoms with van der Waals surface area (Å²) in [6.45, 7) is 4.09. The first kappa shape index (κ1) is 13.5. The maximum atomic E-state index is 12.1. The molecule has 5 heteroatoms. The minimum Gasteiger partial charge on any atom is -0.318 e. The van der Waals surface area contributed by atoms with Crippen LogP contribution in [0.1, 0.15) is 19.8 Å². The molecule has 1 aromatic carbocycles. The Balaban J connectivity index is 1.99. The second-order valence-corrected chi connectivity index (χ2v) is 4.50. The molecular formula is C14H19N3O2. The monoisotopic (exact) mass is 261 g/mol. The zero-order chi connectivity index (χ0) is 13.7. The van der Waals surface area contributed by atoms with Crippen molar-refractivity contribution in [2.24, 2.45) is 0 Å². The van der Waals surface area contributed by atoms with Gasteiger partial charge in [-0.3, -0.25) is 14.6 Å². The van der Waals surface area contributed by atoms with E-state index in [1.807, 2.05) is 30.1 Å². The minimum atomic E-state index is -0.583. The van der Waals surface area contributed by atoms with Gasteiger partial charge in [-0.1, -0.05) is 18.2 Å². The largest absolute Gasteiger partial charge is 0.326 e. The third-order valence-corrected chi connectivity index (χ3v) is 3.18. The van der Waals surface area contributed by atoms with Crippen LogP contribution in [-0.4, -0.2) is 41.5 Å². The fourth-order valence-corrected chi connectivity index (χ4v) is 2.24. The lowest BCUT2D eigenvalue weighted by atomic mass is 10.3. The van der Waals surface area contributed by atoms with E-state index in [4.69, 9.17) is 0 Å². The number of amides is 2. The number of carbonyl (C=O) groups is 2. The van der Waals surface area contributed by atoms with Gasteiger partial charge in [-0.15, -0.1) is 0 Å². The van der Waals surface area contributed by atoms with Crippen molar-refractivity contribution >= 4 is 17.5 Å². The topological polar surface area (TPSA) is 52.7 Å². The number of nitrogens with one attached hydrogen (secondary N) is 1. The summed E-state index contributed by atoms with van der Waals surface area (Å²) in [5.74, 6) is -1.08. The number of rotatable bonds is 3. The quantitative estimate of drug-likeness (QED) is 0.839. The maximum Gasteiger partial charge on any atom is 0.326 e. The summed E-state index contributed by atoms with van der Waals surface area (Å²) in [6, 6.07) is 9.02. The van der Waals surface area contributed by atoms with Crippen LogP contribution in [0.25, 0.3) is 0 Å². The molecular weight excluding hydrogens is 242 g/mol. The molecule has 1 aromatic rings. The van der Waals surface area contributed by atoms with Gasteiger partial charge >= 0.3 is 11.8 Å². The molecule has 0 radical (unpaired) electrons. The lowest BCUT2D eigenvalue weighted by Crippen LogP contribution is -2.49. The molecule has 1 N–H and O–H groups in total. The first-order chi connectivity index (χ1) is 9.22. The molecule has 102 valence electrons. The van der Waals surface area contributed by atoms with Crippen molar-refractivity contribution in [1.29, 1.82) is 0 Å². The molecule has 0 unspecified atom stereocenters. The molecule has 0 saturated carbocycles. The zero-order valence-electron chi connectivity index (χ0n) is 11.1. The third-order valence-electron chi connectivity index (χ3n) is 3.18. The summed E-state index contributed by atoms with van der Waals surface area (Å²) in [4.78, 5) is 24.1. The summed E-state index contributed by atoms with van der Waals surface area (Å²) >= 11 is 0. The van der Waals surface area contributed by atoms with Crippen LogP contribution in [0.5, 0.6) is 0 Å². The van der Waals surface area contributed by atoms with Crippen LogP contribution >= 0.6 is 0 Å². The molecule has 0 spiro atoms. The molecule has 1 aliphatic heterocycles. The number of likely N-dealkylation sites (N-methyl/N-ethyl adjacent to an activating group) is 1. The number of carbonyl (C=O) groups excluding carboxylic acids is 2. The molecule has 0 atom stereocenters. The number of hydrogen-bond acceptors (Lipinski definition) is 3. The zero-order valence-corrected chi connectivity index (χ0v) is 11.1. The summed E-state index contributed by atoms with van der Waals surface area (Å²) in [6.07, 6.45) is 2.15.